The summed E-state index contributed by atoms with van der Waals surface area (Å²) in [6, 6.07) is 6.13. The summed E-state index contributed by atoms with van der Waals surface area (Å²) < 4.78 is 45.3. The van der Waals surface area contributed by atoms with Crippen LogP contribution in [0.25, 0.3) is 10.9 Å². The molecule has 0 aliphatic rings. The molecule has 0 bridgehead atoms. The van der Waals surface area contributed by atoms with Crippen molar-refractivity contribution < 1.29 is 27.6 Å². The maximum atomic E-state index is 13.4. The monoisotopic (exact) mass is 428 g/mol. The first-order chi connectivity index (χ1) is 13.2. The van der Waals surface area contributed by atoms with Crippen LogP contribution in [0, 0.1) is 10.1 Å². The van der Waals surface area contributed by atoms with Gasteiger partial charge in [-0.05, 0) is 18.2 Å². The minimum absolute atomic E-state index is 0.0208. The van der Waals surface area contributed by atoms with E-state index in [2.05, 4.69) is 4.98 Å². The van der Waals surface area contributed by atoms with E-state index in [1.807, 2.05) is 0 Å². The molecule has 146 valence electrons. The first-order valence-electron chi connectivity index (χ1n) is 7.64. The summed E-state index contributed by atoms with van der Waals surface area (Å²) in [5, 5.41) is 11.9. The van der Waals surface area contributed by atoms with Gasteiger partial charge in [-0.25, -0.2) is 4.98 Å². The molecule has 0 unspecified atom stereocenters. The summed E-state index contributed by atoms with van der Waals surface area (Å²) in [5.74, 6) is -0.265. The number of carbonyl (C=O) groups is 1. The van der Waals surface area contributed by atoms with Crippen LogP contribution in [0.5, 0.6) is 5.75 Å². The Bertz CT molecular complexity index is 1070. The number of fused-ring (bicyclic) bond motifs is 1. The van der Waals surface area contributed by atoms with Crippen molar-refractivity contribution in [3.63, 3.8) is 0 Å². The van der Waals surface area contributed by atoms with Crippen LogP contribution in [-0.4, -0.2) is 28.6 Å². The number of ether oxygens (including phenoxy) is 1. The second kappa shape index (κ2) is 7.76. The van der Waals surface area contributed by atoms with E-state index >= 15 is 0 Å². The number of benzene rings is 1. The number of methoxy groups -OCH3 is 1. The fourth-order valence-electron chi connectivity index (χ4n) is 2.40. The van der Waals surface area contributed by atoms with Crippen molar-refractivity contribution in [3.8, 4) is 5.75 Å². The van der Waals surface area contributed by atoms with Gasteiger partial charge in [0, 0.05) is 17.5 Å². The summed E-state index contributed by atoms with van der Waals surface area (Å²) in [5.41, 5.74) is -0.966. The number of hydrogen-bond donors (Lipinski definition) is 0. The molecule has 3 aromatic rings. The molecule has 1 aromatic carbocycles. The summed E-state index contributed by atoms with van der Waals surface area (Å²) in [4.78, 5) is 26.6. The Morgan fingerprint density at radius 2 is 2.07 bits per heavy atom. The van der Waals surface area contributed by atoms with Gasteiger partial charge in [0.05, 0.1) is 44.1 Å². The lowest BCUT2D eigenvalue weighted by Gasteiger charge is -2.13. The van der Waals surface area contributed by atoms with Crippen LogP contribution in [0.2, 0.25) is 0 Å². The zero-order valence-corrected chi connectivity index (χ0v) is 15.8. The van der Waals surface area contributed by atoms with Crippen LogP contribution >= 0.6 is 23.1 Å². The number of nitro groups is 1. The number of thioether (sulfide) groups is 1. The van der Waals surface area contributed by atoms with Gasteiger partial charge in [-0.2, -0.15) is 13.2 Å². The zero-order valence-electron chi connectivity index (χ0n) is 14.1. The second-order valence-corrected chi connectivity index (χ2v) is 7.43. The molecule has 0 saturated carbocycles. The maximum Gasteiger partial charge on any atom is 0.417 e. The Kier molecular flexibility index (Phi) is 5.57. The highest BCUT2D eigenvalue weighted by molar-refractivity contribution is 8.00. The molecular weight excluding hydrogens is 417 g/mol. The number of thiophene rings is 1. The molecule has 28 heavy (non-hydrogen) atoms. The zero-order chi connectivity index (χ0) is 20.5. The lowest BCUT2D eigenvalue weighted by molar-refractivity contribution is -0.384. The fourth-order valence-corrected chi connectivity index (χ4v) is 4.08. The van der Waals surface area contributed by atoms with Crippen LogP contribution in [-0.2, 0) is 6.18 Å². The van der Waals surface area contributed by atoms with Gasteiger partial charge in [-0.1, -0.05) is 11.8 Å². The molecule has 3 rings (SSSR count). The van der Waals surface area contributed by atoms with Crippen molar-refractivity contribution >= 4 is 45.5 Å². The molecule has 2 aromatic heterocycles. The highest BCUT2D eigenvalue weighted by Gasteiger charge is 2.33. The first kappa shape index (κ1) is 20.1. The molecule has 0 radical (unpaired) electrons. The van der Waals surface area contributed by atoms with Crippen LogP contribution in [0.3, 0.4) is 0 Å². The van der Waals surface area contributed by atoms with Gasteiger partial charge in [0.2, 0.25) is 0 Å². The first-order valence-corrected chi connectivity index (χ1v) is 9.50. The number of nitrogens with zero attached hydrogens (tertiary/aromatic N) is 2. The second-order valence-electron chi connectivity index (χ2n) is 5.53. The van der Waals surface area contributed by atoms with Crippen molar-refractivity contribution in [2.75, 3.05) is 12.9 Å². The molecule has 0 aliphatic carbocycles. The maximum absolute atomic E-state index is 13.4. The van der Waals surface area contributed by atoms with E-state index in [9.17, 15) is 28.1 Å². The topological polar surface area (TPSA) is 82.3 Å². The molecule has 2 heterocycles. The normalized spacial score (nSPS) is 11.6. The van der Waals surface area contributed by atoms with Crippen LogP contribution in [0.4, 0.5) is 18.9 Å². The van der Waals surface area contributed by atoms with Crippen molar-refractivity contribution in [1.29, 1.82) is 0 Å². The molecule has 0 saturated heterocycles. The van der Waals surface area contributed by atoms with Gasteiger partial charge in [-0.15, -0.1) is 11.3 Å². The Hall–Kier alpha value is -2.66. The average molecular weight is 428 g/mol. The molecule has 0 atom stereocenters. The van der Waals surface area contributed by atoms with Crippen molar-refractivity contribution in [1.82, 2.24) is 4.98 Å². The summed E-state index contributed by atoms with van der Waals surface area (Å²) in [6.45, 7) is 0. The molecule has 0 spiro atoms. The lowest BCUT2D eigenvalue weighted by atomic mass is 10.1. The third-order valence-corrected chi connectivity index (χ3v) is 5.59. The number of hydrogen-bond acceptors (Lipinski definition) is 7. The molecule has 0 aliphatic heterocycles. The molecule has 0 amide bonds. The Balaban J connectivity index is 1.89. The Morgan fingerprint density at radius 1 is 1.32 bits per heavy atom. The Morgan fingerprint density at radius 3 is 2.68 bits per heavy atom. The number of halogens is 3. The highest BCUT2D eigenvalue weighted by atomic mass is 32.2. The minimum atomic E-state index is -4.59. The Labute approximate surface area is 164 Å². The van der Waals surface area contributed by atoms with E-state index in [0.29, 0.717) is 5.75 Å². The third kappa shape index (κ3) is 4.25. The predicted octanol–water partition coefficient (Wildman–Crippen LogP) is 5.21. The number of aromatic nitrogens is 1. The average Bonchev–Trinajstić information content (AvgIpc) is 3.14. The lowest BCUT2D eigenvalue weighted by Crippen LogP contribution is -2.08. The van der Waals surface area contributed by atoms with Gasteiger partial charge >= 0.3 is 6.18 Å². The van der Waals surface area contributed by atoms with E-state index in [1.54, 1.807) is 0 Å². The van der Waals surface area contributed by atoms with Gasteiger partial charge in [0.25, 0.3) is 5.69 Å². The molecular formula is C17H11F3N2O4S2. The van der Waals surface area contributed by atoms with Crippen molar-refractivity contribution in [2.24, 2.45) is 0 Å². The third-order valence-electron chi connectivity index (χ3n) is 3.72. The van der Waals surface area contributed by atoms with Crippen molar-refractivity contribution in [3.05, 3.63) is 56.3 Å². The molecule has 11 heteroatoms. The van der Waals surface area contributed by atoms with E-state index in [4.69, 9.17) is 4.74 Å². The number of alkyl halides is 3. The van der Waals surface area contributed by atoms with Crippen LogP contribution < -0.4 is 4.74 Å². The number of pyridine rings is 1. The van der Waals surface area contributed by atoms with Crippen LogP contribution in [0.15, 0.2) is 40.7 Å². The van der Waals surface area contributed by atoms with Crippen molar-refractivity contribution in [2.45, 2.75) is 11.2 Å². The van der Waals surface area contributed by atoms with Gasteiger partial charge < -0.3 is 4.74 Å². The standard InChI is InChI=1S/C17H11F3N2O4S2/c1-26-10-2-3-11-12(17(18,19)20)6-16(21-13(11)5-10)28-8-14(23)15-4-9(7-27-15)22(24)25/h2-7H,8H2,1H3. The van der Waals surface area contributed by atoms with Gasteiger partial charge in [0.15, 0.2) is 5.78 Å². The number of rotatable bonds is 6. The van der Waals surface area contributed by atoms with Gasteiger partial charge in [-0.3, -0.25) is 14.9 Å². The van der Waals surface area contributed by atoms with Crippen LogP contribution in [0.1, 0.15) is 15.2 Å². The predicted molar refractivity (Wildman–Crippen MR) is 99.3 cm³/mol. The van der Waals surface area contributed by atoms with Gasteiger partial charge in [0.1, 0.15) is 5.75 Å². The fraction of sp³-hybridized carbons (Fsp3) is 0.176. The number of carbonyl (C=O) groups excluding carboxylic acids is 1. The highest BCUT2D eigenvalue weighted by Crippen LogP contribution is 2.37. The van der Waals surface area contributed by atoms with E-state index < -0.39 is 22.4 Å². The minimum Gasteiger partial charge on any atom is -0.497 e. The summed E-state index contributed by atoms with van der Waals surface area (Å²) in [7, 11) is 1.39. The quantitative estimate of drug-likeness (QED) is 0.232. The van der Waals surface area contributed by atoms with E-state index in [0.717, 1.165) is 35.2 Å². The molecule has 0 N–H and O–H groups in total. The number of ketones is 1. The summed E-state index contributed by atoms with van der Waals surface area (Å²) in [6.07, 6.45) is -4.59. The smallest absolute Gasteiger partial charge is 0.417 e. The van der Waals surface area contributed by atoms with E-state index in [1.165, 1.54) is 30.7 Å². The largest absolute Gasteiger partial charge is 0.497 e. The molecule has 6 nitrogen and oxygen atoms in total. The summed E-state index contributed by atoms with van der Waals surface area (Å²) >= 11 is 1.75. The number of Topliss-reactive ketones (excluding diaryl/α,β-unsaturated/α-hetero) is 1. The molecule has 0 fully saturated rings. The SMILES string of the molecule is COc1ccc2c(C(F)(F)F)cc(SCC(=O)c3cc([N+](=O)[O-])cs3)nc2c1. The van der Waals surface area contributed by atoms with E-state index in [-0.39, 0.29) is 32.2 Å².